The molecule has 5 heteroatoms. The monoisotopic (exact) mass is 218 g/mol. The van der Waals surface area contributed by atoms with Crippen molar-refractivity contribution >= 4 is 5.91 Å². The summed E-state index contributed by atoms with van der Waals surface area (Å²) >= 11 is 0. The molecule has 0 rings (SSSR count). The van der Waals surface area contributed by atoms with Gasteiger partial charge in [0, 0.05) is 25.6 Å². The predicted octanol–water partition coefficient (Wildman–Crippen LogP) is -0.373. The highest BCUT2D eigenvalue weighted by Gasteiger charge is 2.13. The van der Waals surface area contributed by atoms with Gasteiger partial charge in [-0.25, -0.2) is 0 Å². The number of hydrogen-bond acceptors (Lipinski definition) is 4. The van der Waals surface area contributed by atoms with Crippen LogP contribution in [0.3, 0.4) is 0 Å². The van der Waals surface area contributed by atoms with Gasteiger partial charge in [0.2, 0.25) is 5.91 Å². The van der Waals surface area contributed by atoms with Crippen LogP contribution in [0, 0.1) is 0 Å². The maximum absolute atomic E-state index is 11.3. The number of hydrogen-bond donors (Lipinski definition) is 3. The van der Waals surface area contributed by atoms with E-state index >= 15 is 0 Å². The molecule has 0 aromatic rings. The number of rotatable bonds is 7. The third-order valence-electron chi connectivity index (χ3n) is 1.89. The van der Waals surface area contributed by atoms with Crippen molar-refractivity contribution < 1.29 is 14.6 Å². The summed E-state index contributed by atoms with van der Waals surface area (Å²) in [6, 6.07) is 0. The van der Waals surface area contributed by atoms with Crippen LogP contribution >= 0.6 is 0 Å². The van der Waals surface area contributed by atoms with Crippen LogP contribution in [0.15, 0.2) is 0 Å². The topological polar surface area (TPSA) is 84.6 Å². The average molecular weight is 218 g/mol. The highest BCUT2D eigenvalue weighted by atomic mass is 16.5. The lowest BCUT2D eigenvalue weighted by Gasteiger charge is -2.18. The smallest absolute Gasteiger partial charge is 0.220 e. The molecule has 0 aliphatic rings. The van der Waals surface area contributed by atoms with Crippen LogP contribution in [0.2, 0.25) is 0 Å². The van der Waals surface area contributed by atoms with Crippen molar-refractivity contribution in [2.75, 3.05) is 20.3 Å². The van der Waals surface area contributed by atoms with Gasteiger partial charge in [0.15, 0.2) is 0 Å². The lowest BCUT2D eigenvalue weighted by molar-refractivity contribution is -0.122. The van der Waals surface area contributed by atoms with Gasteiger partial charge in [-0.05, 0) is 20.3 Å². The Kier molecular flexibility index (Phi) is 6.47. The molecule has 0 spiro atoms. The van der Waals surface area contributed by atoms with Gasteiger partial charge in [0.1, 0.15) is 0 Å². The minimum Gasteiger partial charge on any atom is -0.389 e. The van der Waals surface area contributed by atoms with E-state index in [0.717, 1.165) is 0 Å². The van der Waals surface area contributed by atoms with E-state index in [4.69, 9.17) is 10.5 Å². The molecule has 0 aromatic carbocycles. The van der Waals surface area contributed by atoms with Crippen molar-refractivity contribution in [1.29, 1.82) is 0 Å². The quantitative estimate of drug-likeness (QED) is 0.544. The molecular weight excluding hydrogens is 196 g/mol. The molecule has 0 radical (unpaired) electrons. The first-order valence-electron chi connectivity index (χ1n) is 5.08. The summed E-state index contributed by atoms with van der Waals surface area (Å²) < 4.78 is 4.73. The Morgan fingerprint density at radius 1 is 1.60 bits per heavy atom. The van der Waals surface area contributed by atoms with Gasteiger partial charge in [-0.15, -0.1) is 0 Å². The fourth-order valence-corrected chi connectivity index (χ4v) is 1.01. The van der Waals surface area contributed by atoms with Crippen molar-refractivity contribution in [2.24, 2.45) is 5.73 Å². The summed E-state index contributed by atoms with van der Waals surface area (Å²) in [5, 5.41) is 11.9. The number of amides is 1. The number of methoxy groups -OCH3 is 1. The van der Waals surface area contributed by atoms with Crippen molar-refractivity contribution in [3.05, 3.63) is 0 Å². The van der Waals surface area contributed by atoms with Crippen LogP contribution in [0.5, 0.6) is 0 Å². The summed E-state index contributed by atoms with van der Waals surface area (Å²) in [7, 11) is 1.50. The molecule has 90 valence electrons. The molecular formula is C10H22N2O3. The number of nitrogens with one attached hydrogen (secondary N) is 1. The van der Waals surface area contributed by atoms with Crippen LogP contribution in [-0.2, 0) is 9.53 Å². The SMILES string of the molecule is COCC(O)CNC(=O)CCC(C)(C)N. The Balaban J connectivity index is 3.58. The molecule has 1 atom stereocenters. The summed E-state index contributed by atoms with van der Waals surface area (Å²) in [6.07, 6.45) is 0.354. The second kappa shape index (κ2) is 6.76. The molecule has 0 bridgehead atoms. The van der Waals surface area contributed by atoms with Gasteiger partial charge < -0.3 is 20.9 Å². The van der Waals surface area contributed by atoms with Gasteiger partial charge in [0.25, 0.3) is 0 Å². The van der Waals surface area contributed by atoms with Crippen LogP contribution < -0.4 is 11.1 Å². The number of carbonyl (C=O) groups is 1. The molecule has 5 nitrogen and oxygen atoms in total. The molecule has 15 heavy (non-hydrogen) atoms. The summed E-state index contributed by atoms with van der Waals surface area (Å²) in [5.41, 5.74) is 5.41. The van der Waals surface area contributed by atoms with E-state index in [9.17, 15) is 9.90 Å². The zero-order valence-corrected chi connectivity index (χ0v) is 9.75. The Hall–Kier alpha value is -0.650. The minimum absolute atomic E-state index is 0.0938. The third-order valence-corrected chi connectivity index (χ3v) is 1.89. The van der Waals surface area contributed by atoms with Crippen molar-refractivity contribution in [1.82, 2.24) is 5.32 Å². The second-order valence-electron chi connectivity index (χ2n) is 4.40. The minimum atomic E-state index is -0.648. The van der Waals surface area contributed by atoms with Crippen LogP contribution in [-0.4, -0.2) is 42.9 Å². The molecule has 1 unspecified atom stereocenters. The first-order valence-corrected chi connectivity index (χ1v) is 5.08. The van der Waals surface area contributed by atoms with Crippen LogP contribution in [0.1, 0.15) is 26.7 Å². The number of ether oxygens (including phenoxy) is 1. The number of aliphatic hydroxyl groups is 1. The zero-order chi connectivity index (χ0) is 11.9. The summed E-state index contributed by atoms with van der Waals surface area (Å²) in [6.45, 7) is 4.19. The first-order chi connectivity index (χ1) is 6.85. The summed E-state index contributed by atoms with van der Waals surface area (Å²) in [4.78, 5) is 11.3. The Bertz CT molecular complexity index is 190. The van der Waals surface area contributed by atoms with Gasteiger partial charge in [-0.1, -0.05) is 0 Å². The molecule has 0 aromatic heterocycles. The second-order valence-corrected chi connectivity index (χ2v) is 4.40. The molecule has 0 saturated heterocycles. The molecule has 4 N–H and O–H groups in total. The molecule has 0 fully saturated rings. The third kappa shape index (κ3) is 9.65. The average Bonchev–Trinajstić information content (AvgIpc) is 2.11. The Labute approximate surface area is 91.0 Å². The maximum Gasteiger partial charge on any atom is 0.220 e. The molecule has 0 saturated carbocycles. The maximum atomic E-state index is 11.3. The molecule has 0 aliphatic carbocycles. The van der Waals surface area contributed by atoms with E-state index in [1.807, 2.05) is 13.8 Å². The van der Waals surface area contributed by atoms with Crippen LogP contribution in [0.4, 0.5) is 0 Å². The summed E-state index contributed by atoms with van der Waals surface area (Å²) in [5.74, 6) is -0.0938. The van der Waals surface area contributed by atoms with E-state index in [1.165, 1.54) is 7.11 Å². The van der Waals surface area contributed by atoms with E-state index in [2.05, 4.69) is 5.32 Å². The fraction of sp³-hybridized carbons (Fsp3) is 0.900. The Morgan fingerprint density at radius 3 is 2.67 bits per heavy atom. The Morgan fingerprint density at radius 2 is 2.20 bits per heavy atom. The van der Waals surface area contributed by atoms with Crippen LogP contribution in [0.25, 0.3) is 0 Å². The van der Waals surface area contributed by atoms with Gasteiger partial charge in [0.05, 0.1) is 12.7 Å². The molecule has 1 amide bonds. The normalized spacial score (nSPS) is 13.7. The fourth-order valence-electron chi connectivity index (χ4n) is 1.01. The van der Waals surface area contributed by atoms with Gasteiger partial charge >= 0.3 is 0 Å². The number of nitrogens with two attached hydrogens (primary N) is 1. The van der Waals surface area contributed by atoms with Crippen molar-refractivity contribution in [3.8, 4) is 0 Å². The van der Waals surface area contributed by atoms with E-state index in [-0.39, 0.29) is 24.6 Å². The van der Waals surface area contributed by atoms with E-state index in [1.54, 1.807) is 0 Å². The lowest BCUT2D eigenvalue weighted by Crippen LogP contribution is -2.37. The zero-order valence-electron chi connectivity index (χ0n) is 9.75. The standard InChI is InChI=1S/C10H22N2O3/c1-10(2,11)5-4-9(14)12-6-8(13)7-15-3/h8,13H,4-7,11H2,1-3H3,(H,12,14). The largest absolute Gasteiger partial charge is 0.389 e. The van der Waals surface area contributed by atoms with Gasteiger partial charge in [-0.3, -0.25) is 4.79 Å². The van der Waals surface area contributed by atoms with Gasteiger partial charge in [-0.2, -0.15) is 0 Å². The van der Waals surface area contributed by atoms with E-state index in [0.29, 0.717) is 12.8 Å². The molecule has 0 aliphatic heterocycles. The highest BCUT2D eigenvalue weighted by molar-refractivity contribution is 5.75. The number of aliphatic hydroxyl groups excluding tert-OH is 1. The van der Waals surface area contributed by atoms with Crippen molar-refractivity contribution in [3.63, 3.8) is 0 Å². The first kappa shape index (κ1) is 14.3. The van der Waals surface area contributed by atoms with E-state index < -0.39 is 6.10 Å². The van der Waals surface area contributed by atoms with Crippen molar-refractivity contribution in [2.45, 2.75) is 38.3 Å². The predicted molar refractivity (Wildman–Crippen MR) is 58.4 cm³/mol. The number of carbonyl (C=O) groups excluding carboxylic acids is 1. The highest BCUT2D eigenvalue weighted by Crippen LogP contribution is 2.06. The molecule has 0 heterocycles. The lowest BCUT2D eigenvalue weighted by atomic mass is 10.00.